The second-order valence-electron chi connectivity index (χ2n) is 7.12. The Morgan fingerprint density at radius 2 is 2.10 bits per heavy atom. The number of esters is 2. The molecule has 0 saturated carbocycles. The van der Waals surface area contributed by atoms with Crippen LogP contribution in [0.4, 0.5) is 0 Å². The molecule has 2 aliphatic rings. The van der Waals surface area contributed by atoms with E-state index in [9.17, 15) is 14.4 Å². The van der Waals surface area contributed by atoms with Crippen molar-refractivity contribution in [2.24, 2.45) is 11.1 Å². The van der Waals surface area contributed by atoms with Gasteiger partial charge in [0.05, 0.1) is 5.41 Å². The number of ether oxygens (including phenoxy) is 2. The van der Waals surface area contributed by atoms with Crippen molar-refractivity contribution in [3.63, 3.8) is 0 Å². The van der Waals surface area contributed by atoms with Crippen LogP contribution < -0.4 is 5.73 Å². The van der Waals surface area contributed by atoms with E-state index in [0.29, 0.717) is 11.5 Å². The Balaban J connectivity index is 0.00000300. The van der Waals surface area contributed by atoms with E-state index in [1.54, 1.807) is 20.8 Å². The number of fused-ring (bicyclic) bond motifs is 1. The lowest BCUT2D eigenvalue weighted by molar-refractivity contribution is -0.173. The number of nitrogens with two attached hydrogens (primary N) is 1. The number of aromatic nitrogens is 2. The predicted molar refractivity (Wildman–Crippen MR) is 112 cm³/mol. The van der Waals surface area contributed by atoms with Gasteiger partial charge in [0.1, 0.15) is 23.4 Å². The van der Waals surface area contributed by atoms with E-state index in [1.807, 2.05) is 0 Å². The molecule has 3 rings (SSSR count). The average Bonchev–Trinajstić information content (AvgIpc) is 3.17. The molecule has 2 aliphatic heterocycles. The van der Waals surface area contributed by atoms with Gasteiger partial charge in [0.15, 0.2) is 4.34 Å². The predicted octanol–water partition coefficient (Wildman–Crippen LogP) is 1.64. The van der Waals surface area contributed by atoms with Crippen LogP contribution in [0.3, 0.4) is 0 Å². The van der Waals surface area contributed by atoms with E-state index in [1.165, 1.54) is 46.3 Å². The molecule has 1 aromatic heterocycles. The molecule has 0 bridgehead atoms. The normalized spacial score (nSPS) is 21.1. The number of thioether (sulfide) groups is 2. The molecule has 0 aliphatic carbocycles. The van der Waals surface area contributed by atoms with Gasteiger partial charge in [-0.15, -0.1) is 24.2 Å². The summed E-state index contributed by atoms with van der Waals surface area (Å²) in [5, 5.41) is -0.289. The third-order valence-corrected chi connectivity index (χ3v) is 7.23. The Morgan fingerprint density at radius 3 is 2.72 bits per heavy atom. The van der Waals surface area contributed by atoms with E-state index in [-0.39, 0.29) is 29.4 Å². The molecule has 2 N–H and O–H groups in total. The summed E-state index contributed by atoms with van der Waals surface area (Å²) in [5.41, 5.74) is 6.06. The SMILES string of the molecule is CC(C)(C)C(=O)OCOC(=O)C1=C(CSc2ncns2)CS[C@H]2C(N)C(=O)N12.Cl. The molecule has 9 nitrogen and oxygen atoms in total. The smallest absolute Gasteiger partial charge is 0.357 e. The Morgan fingerprint density at radius 1 is 1.38 bits per heavy atom. The maximum atomic E-state index is 12.7. The number of carbonyl (C=O) groups is 3. The first kappa shape index (κ1) is 23.9. The summed E-state index contributed by atoms with van der Waals surface area (Å²) in [4.78, 5) is 42.2. The van der Waals surface area contributed by atoms with Gasteiger partial charge in [-0.1, -0.05) is 11.8 Å². The molecule has 1 aromatic rings. The first-order chi connectivity index (χ1) is 13.2. The molecular weight excluding hydrogens is 460 g/mol. The quantitative estimate of drug-likeness (QED) is 0.278. The monoisotopic (exact) mass is 480 g/mol. The molecule has 2 atom stereocenters. The summed E-state index contributed by atoms with van der Waals surface area (Å²) in [6.45, 7) is 4.59. The van der Waals surface area contributed by atoms with Crippen LogP contribution in [-0.2, 0) is 23.9 Å². The number of amides is 1. The van der Waals surface area contributed by atoms with Crippen LogP contribution in [0.15, 0.2) is 21.9 Å². The highest BCUT2D eigenvalue weighted by molar-refractivity contribution is 8.01. The first-order valence-electron chi connectivity index (χ1n) is 8.36. The van der Waals surface area contributed by atoms with Gasteiger partial charge in [0.2, 0.25) is 12.7 Å². The van der Waals surface area contributed by atoms with Crippen LogP contribution >= 0.6 is 47.5 Å². The molecule has 160 valence electrons. The van der Waals surface area contributed by atoms with Gasteiger partial charge in [0.25, 0.3) is 0 Å². The molecular formula is C16H21ClN4O5S3. The van der Waals surface area contributed by atoms with Crippen molar-refractivity contribution in [2.45, 2.75) is 36.5 Å². The minimum atomic E-state index is -0.708. The Hall–Kier alpha value is -1.34. The van der Waals surface area contributed by atoms with Crippen LogP contribution in [0, 0.1) is 5.41 Å². The van der Waals surface area contributed by atoms with E-state index >= 15 is 0 Å². The maximum Gasteiger partial charge on any atom is 0.357 e. The number of rotatable bonds is 6. The lowest BCUT2D eigenvalue weighted by Crippen LogP contribution is -2.68. The van der Waals surface area contributed by atoms with Gasteiger partial charge in [0, 0.05) is 11.5 Å². The zero-order valence-corrected chi connectivity index (χ0v) is 19.2. The Bertz CT molecular complexity index is 812. The van der Waals surface area contributed by atoms with Crippen LogP contribution in [0.5, 0.6) is 0 Å². The Kier molecular flexibility index (Phi) is 7.96. The van der Waals surface area contributed by atoms with Crippen molar-refractivity contribution in [3.05, 3.63) is 17.6 Å². The molecule has 1 fully saturated rings. The van der Waals surface area contributed by atoms with Crippen LogP contribution in [0.1, 0.15) is 20.8 Å². The van der Waals surface area contributed by atoms with E-state index in [0.717, 1.165) is 9.91 Å². The molecule has 1 saturated heterocycles. The molecule has 0 aromatic carbocycles. The van der Waals surface area contributed by atoms with Gasteiger partial charge in [-0.3, -0.25) is 14.5 Å². The van der Waals surface area contributed by atoms with Crippen molar-refractivity contribution in [1.82, 2.24) is 14.3 Å². The van der Waals surface area contributed by atoms with Gasteiger partial charge >= 0.3 is 11.9 Å². The lowest BCUT2D eigenvalue weighted by Gasteiger charge is -2.48. The fraction of sp³-hybridized carbons (Fsp3) is 0.562. The highest BCUT2D eigenvalue weighted by Crippen LogP contribution is 2.41. The van der Waals surface area contributed by atoms with Gasteiger partial charge in [-0.2, -0.15) is 4.37 Å². The summed E-state index contributed by atoms with van der Waals surface area (Å²) in [7, 11) is 0. The summed E-state index contributed by atoms with van der Waals surface area (Å²) < 4.78 is 14.8. The van der Waals surface area contributed by atoms with Crippen molar-refractivity contribution in [3.8, 4) is 0 Å². The highest BCUT2D eigenvalue weighted by atomic mass is 35.5. The summed E-state index contributed by atoms with van der Waals surface area (Å²) in [5.74, 6) is -0.518. The lowest BCUT2D eigenvalue weighted by atomic mass is 9.98. The summed E-state index contributed by atoms with van der Waals surface area (Å²) >= 11 is 4.19. The first-order valence-corrected chi connectivity index (χ1v) is 11.2. The van der Waals surface area contributed by atoms with Crippen molar-refractivity contribution >= 4 is 65.3 Å². The summed E-state index contributed by atoms with van der Waals surface area (Å²) in [6, 6.07) is -0.635. The van der Waals surface area contributed by atoms with Crippen molar-refractivity contribution < 1.29 is 23.9 Å². The third kappa shape index (κ3) is 5.23. The molecule has 3 heterocycles. The number of hydrogen-bond donors (Lipinski definition) is 1. The topological polar surface area (TPSA) is 125 Å². The summed E-state index contributed by atoms with van der Waals surface area (Å²) in [6.07, 6.45) is 1.46. The van der Waals surface area contributed by atoms with Crippen LogP contribution in [0.25, 0.3) is 0 Å². The largest absolute Gasteiger partial charge is 0.427 e. The zero-order valence-electron chi connectivity index (χ0n) is 15.9. The van der Waals surface area contributed by atoms with Gasteiger partial charge in [-0.05, 0) is 37.9 Å². The van der Waals surface area contributed by atoms with Crippen LogP contribution in [-0.4, -0.2) is 61.8 Å². The van der Waals surface area contributed by atoms with Crippen LogP contribution in [0.2, 0.25) is 0 Å². The minimum Gasteiger partial charge on any atom is -0.427 e. The van der Waals surface area contributed by atoms with Gasteiger partial charge < -0.3 is 15.2 Å². The number of carbonyl (C=O) groups excluding carboxylic acids is 3. The second kappa shape index (κ2) is 9.65. The average molecular weight is 481 g/mol. The molecule has 13 heteroatoms. The number of nitrogens with zero attached hydrogens (tertiary/aromatic N) is 3. The maximum absolute atomic E-state index is 12.7. The highest BCUT2D eigenvalue weighted by Gasteiger charge is 2.52. The minimum absolute atomic E-state index is 0. The molecule has 0 radical (unpaired) electrons. The Labute approximate surface area is 186 Å². The molecule has 29 heavy (non-hydrogen) atoms. The number of β-lactam (4-membered cyclic amide) rings is 1. The third-order valence-electron chi connectivity index (χ3n) is 3.99. The molecule has 1 amide bonds. The van der Waals surface area contributed by atoms with Crippen molar-refractivity contribution in [1.29, 1.82) is 0 Å². The fourth-order valence-corrected chi connectivity index (χ4v) is 5.35. The molecule has 1 unspecified atom stereocenters. The number of hydrogen-bond acceptors (Lipinski definition) is 11. The van der Waals surface area contributed by atoms with Gasteiger partial charge in [-0.25, -0.2) is 9.78 Å². The van der Waals surface area contributed by atoms with E-state index in [2.05, 4.69) is 9.36 Å². The molecule has 0 spiro atoms. The van der Waals surface area contributed by atoms with E-state index < -0.39 is 30.2 Å². The fourth-order valence-electron chi connectivity index (χ4n) is 2.48. The standard InChI is InChI=1S/C16H20N4O5S3.ClH/c1-16(2,3)14(23)25-7-24-13(22)10-8(5-27-15-18-6-19-28-15)4-26-12-9(17)11(21)20(10)12;/h6,9,12H,4-5,7,17H2,1-3H3;1H/t9?,12-;/m0./s1. The van der Waals surface area contributed by atoms with E-state index in [4.69, 9.17) is 15.2 Å². The van der Waals surface area contributed by atoms with Crippen molar-refractivity contribution in [2.75, 3.05) is 18.3 Å². The zero-order chi connectivity index (χ0) is 20.5. The number of halogens is 1. The second-order valence-corrected chi connectivity index (χ2v) is 10.2.